The number of aromatic nitrogens is 3. The molecule has 0 saturated heterocycles. The summed E-state index contributed by atoms with van der Waals surface area (Å²) in [5.41, 5.74) is 2.43. The Balaban J connectivity index is 1.90. The molecule has 1 aliphatic rings. The quantitative estimate of drug-likeness (QED) is 0.789. The van der Waals surface area contributed by atoms with Gasteiger partial charge in [-0.05, 0) is 30.9 Å². The summed E-state index contributed by atoms with van der Waals surface area (Å²) >= 11 is 5.68. The molecule has 2 aromatic heterocycles. The van der Waals surface area contributed by atoms with E-state index in [1.165, 1.54) is 12.1 Å². The first-order valence-corrected chi connectivity index (χ1v) is 7.07. The van der Waals surface area contributed by atoms with Crippen LogP contribution >= 0.6 is 11.6 Å². The van der Waals surface area contributed by atoms with Gasteiger partial charge < -0.3 is 4.98 Å². The van der Waals surface area contributed by atoms with Gasteiger partial charge in [0.25, 0.3) is 5.56 Å². The number of benzene rings is 1. The molecule has 0 atom stereocenters. The maximum atomic E-state index is 13.6. The number of nitrogens with zero attached hydrogens (tertiary/aromatic N) is 2. The van der Waals surface area contributed by atoms with Crippen molar-refractivity contribution in [1.29, 1.82) is 0 Å². The maximum absolute atomic E-state index is 13.6. The average Bonchev–Trinajstić information content (AvgIpc) is 3.21. The van der Waals surface area contributed by atoms with E-state index in [0.29, 0.717) is 22.7 Å². The van der Waals surface area contributed by atoms with E-state index in [1.807, 2.05) is 0 Å². The normalized spacial score (nSPS) is 14.8. The zero-order chi connectivity index (χ0) is 14.6. The molecule has 1 aliphatic carbocycles. The Bertz CT molecular complexity index is 911. The molecule has 0 amide bonds. The summed E-state index contributed by atoms with van der Waals surface area (Å²) in [7, 11) is 0. The lowest BCUT2D eigenvalue weighted by Gasteiger charge is -2.04. The van der Waals surface area contributed by atoms with Crippen LogP contribution in [0.25, 0.3) is 16.8 Å². The Hall–Kier alpha value is -2.14. The summed E-state index contributed by atoms with van der Waals surface area (Å²) < 4.78 is 15.1. The number of H-pyrrole nitrogens is 1. The summed E-state index contributed by atoms with van der Waals surface area (Å²) in [4.78, 5) is 15.1. The minimum atomic E-state index is -0.519. The van der Waals surface area contributed by atoms with Crippen molar-refractivity contribution in [1.82, 2.24) is 14.6 Å². The summed E-state index contributed by atoms with van der Waals surface area (Å²) in [5.74, 6) is -0.0725. The van der Waals surface area contributed by atoms with E-state index in [-0.39, 0.29) is 10.6 Å². The zero-order valence-electron chi connectivity index (χ0n) is 10.9. The second kappa shape index (κ2) is 4.43. The fourth-order valence-corrected chi connectivity index (χ4v) is 2.67. The number of nitrogens with one attached hydrogen (secondary N) is 1. The minimum Gasteiger partial charge on any atom is -0.319 e. The van der Waals surface area contributed by atoms with Crippen LogP contribution in [0.3, 0.4) is 0 Å². The third-order valence-electron chi connectivity index (χ3n) is 3.79. The van der Waals surface area contributed by atoms with Crippen molar-refractivity contribution in [3.63, 3.8) is 0 Å². The van der Waals surface area contributed by atoms with Crippen molar-refractivity contribution in [2.75, 3.05) is 0 Å². The van der Waals surface area contributed by atoms with Gasteiger partial charge in [0.15, 0.2) is 0 Å². The van der Waals surface area contributed by atoms with Crippen LogP contribution in [0.5, 0.6) is 0 Å². The standard InChI is InChI=1S/C15H11ClFN3O/c16-11-4-3-9(5-12(11)17)13-7-20-14(15(21)19-13)10(6-18-20)8-1-2-8/h3-8H,1-2H2,(H,19,21). The van der Waals surface area contributed by atoms with E-state index < -0.39 is 5.82 Å². The van der Waals surface area contributed by atoms with Crippen LogP contribution in [0.4, 0.5) is 4.39 Å². The lowest BCUT2D eigenvalue weighted by atomic mass is 10.1. The first-order chi connectivity index (χ1) is 10.1. The molecular formula is C15H11ClFN3O. The van der Waals surface area contributed by atoms with Gasteiger partial charge >= 0.3 is 0 Å². The average molecular weight is 304 g/mol. The summed E-state index contributed by atoms with van der Waals surface area (Å²) in [6.45, 7) is 0. The van der Waals surface area contributed by atoms with Crippen molar-refractivity contribution in [2.24, 2.45) is 0 Å². The minimum absolute atomic E-state index is 0.0530. The molecule has 6 heteroatoms. The number of hydrogen-bond acceptors (Lipinski definition) is 2. The molecule has 2 heterocycles. The summed E-state index contributed by atoms with van der Waals surface area (Å²) in [6, 6.07) is 4.42. The fraction of sp³-hybridized carbons (Fsp3) is 0.200. The van der Waals surface area contributed by atoms with E-state index in [9.17, 15) is 9.18 Å². The van der Waals surface area contributed by atoms with Gasteiger partial charge in [-0.1, -0.05) is 17.7 Å². The third kappa shape index (κ3) is 2.05. The van der Waals surface area contributed by atoms with E-state index in [4.69, 9.17) is 11.6 Å². The number of rotatable bonds is 2. The zero-order valence-corrected chi connectivity index (χ0v) is 11.7. The lowest BCUT2D eigenvalue weighted by molar-refractivity contribution is 0.628. The van der Waals surface area contributed by atoms with Crippen molar-refractivity contribution in [3.8, 4) is 11.3 Å². The number of hydrogen-bond donors (Lipinski definition) is 1. The molecule has 4 nitrogen and oxygen atoms in total. The second-order valence-corrected chi connectivity index (χ2v) is 5.70. The fourth-order valence-electron chi connectivity index (χ4n) is 2.55. The van der Waals surface area contributed by atoms with Gasteiger partial charge in [0.2, 0.25) is 0 Å². The van der Waals surface area contributed by atoms with Gasteiger partial charge in [-0.25, -0.2) is 8.91 Å². The molecule has 3 aromatic rings. The van der Waals surface area contributed by atoms with Gasteiger partial charge in [-0.15, -0.1) is 0 Å². The van der Waals surface area contributed by atoms with Gasteiger partial charge in [0.05, 0.1) is 23.1 Å². The highest BCUT2D eigenvalue weighted by Gasteiger charge is 2.28. The van der Waals surface area contributed by atoms with Crippen LogP contribution in [0.15, 0.2) is 35.4 Å². The molecular weight excluding hydrogens is 293 g/mol. The number of halogens is 2. The first-order valence-electron chi connectivity index (χ1n) is 6.69. The molecule has 106 valence electrons. The lowest BCUT2D eigenvalue weighted by Crippen LogP contribution is -2.12. The second-order valence-electron chi connectivity index (χ2n) is 5.29. The largest absolute Gasteiger partial charge is 0.319 e. The van der Waals surface area contributed by atoms with Crippen LogP contribution in [0.2, 0.25) is 5.02 Å². The van der Waals surface area contributed by atoms with Crippen molar-refractivity contribution in [3.05, 3.63) is 57.3 Å². The Morgan fingerprint density at radius 1 is 1.38 bits per heavy atom. The number of aromatic amines is 1. The van der Waals surface area contributed by atoms with Crippen molar-refractivity contribution >= 4 is 17.1 Å². The molecule has 1 aromatic carbocycles. The third-order valence-corrected chi connectivity index (χ3v) is 4.09. The predicted octanol–water partition coefficient (Wildman–Crippen LogP) is 3.36. The van der Waals surface area contributed by atoms with Gasteiger partial charge in [0.1, 0.15) is 11.3 Å². The summed E-state index contributed by atoms with van der Waals surface area (Å²) in [5, 5.41) is 4.30. The molecule has 0 bridgehead atoms. The molecule has 0 aliphatic heterocycles. The van der Waals surface area contributed by atoms with E-state index >= 15 is 0 Å². The van der Waals surface area contributed by atoms with E-state index in [2.05, 4.69) is 10.1 Å². The highest BCUT2D eigenvalue weighted by atomic mass is 35.5. The highest BCUT2D eigenvalue weighted by Crippen LogP contribution is 2.41. The Labute approximate surface area is 124 Å². The molecule has 1 N–H and O–H groups in total. The van der Waals surface area contributed by atoms with Crippen molar-refractivity contribution in [2.45, 2.75) is 18.8 Å². The van der Waals surface area contributed by atoms with Crippen LogP contribution in [0.1, 0.15) is 24.3 Å². The van der Waals surface area contributed by atoms with Crippen molar-refractivity contribution < 1.29 is 4.39 Å². The van der Waals surface area contributed by atoms with Gasteiger partial charge in [-0.2, -0.15) is 5.10 Å². The molecule has 0 spiro atoms. The molecule has 1 saturated carbocycles. The topological polar surface area (TPSA) is 50.2 Å². The monoisotopic (exact) mass is 303 g/mol. The smallest absolute Gasteiger partial charge is 0.274 e. The predicted molar refractivity (Wildman–Crippen MR) is 78.2 cm³/mol. The van der Waals surface area contributed by atoms with E-state index in [0.717, 1.165) is 18.4 Å². The molecule has 1 fully saturated rings. The molecule has 0 radical (unpaired) electrons. The molecule has 21 heavy (non-hydrogen) atoms. The van der Waals surface area contributed by atoms with E-state index in [1.54, 1.807) is 23.0 Å². The first kappa shape index (κ1) is 12.6. The van der Waals surface area contributed by atoms with Gasteiger partial charge in [0, 0.05) is 11.1 Å². The number of fused-ring (bicyclic) bond motifs is 1. The van der Waals surface area contributed by atoms with Crippen LogP contribution in [-0.4, -0.2) is 14.6 Å². The van der Waals surface area contributed by atoms with Crippen LogP contribution < -0.4 is 5.56 Å². The SMILES string of the molecule is O=c1[nH]c(-c2ccc(Cl)c(F)c2)cn2ncc(C3CC3)c12. The maximum Gasteiger partial charge on any atom is 0.274 e. The Morgan fingerprint density at radius 2 is 2.19 bits per heavy atom. The van der Waals surface area contributed by atoms with Gasteiger partial charge in [-0.3, -0.25) is 4.79 Å². The molecule has 4 rings (SSSR count). The van der Waals surface area contributed by atoms with Crippen LogP contribution in [0, 0.1) is 5.82 Å². The summed E-state index contributed by atoms with van der Waals surface area (Å²) in [6.07, 6.45) is 5.65. The Morgan fingerprint density at radius 3 is 2.90 bits per heavy atom. The molecule has 0 unspecified atom stereocenters. The Kier molecular flexibility index (Phi) is 2.65. The highest BCUT2D eigenvalue weighted by molar-refractivity contribution is 6.30. The van der Waals surface area contributed by atoms with Crippen LogP contribution in [-0.2, 0) is 0 Å².